The van der Waals surface area contributed by atoms with E-state index in [4.69, 9.17) is 15.7 Å². The molecule has 0 amide bonds. The molecular formula is C11H14N2O. The van der Waals surface area contributed by atoms with Crippen molar-refractivity contribution < 1.29 is 4.74 Å². The molecule has 1 rings (SSSR count). The largest absolute Gasteiger partial charge is 0.494 e. The van der Waals surface area contributed by atoms with Gasteiger partial charge in [-0.2, -0.15) is 5.26 Å². The van der Waals surface area contributed by atoms with Crippen molar-refractivity contribution in [3.63, 3.8) is 0 Å². The molecule has 0 atom stereocenters. The van der Waals surface area contributed by atoms with Gasteiger partial charge in [0, 0.05) is 6.07 Å². The lowest BCUT2D eigenvalue weighted by Crippen LogP contribution is -1.98. The lowest BCUT2D eigenvalue weighted by molar-refractivity contribution is 0.309. The Bertz CT molecular complexity index is 342. The molecule has 3 heteroatoms. The summed E-state index contributed by atoms with van der Waals surface area (Å²) in [6, 6.07) is 7.14. The molecule has 0 aromatic heterocycles. The summed E-state index contributed by atoms with van der Waals surface area (Å²) in [5.74, 6) is 0.731. The second-order valence-electron chi connectivity index (χ2n) is 3.06. The Hall–Kier alpha value is -1.69. The summed E-state index contributed by atoms with van der Waals surface area (Å²) in [6.45, 7) is 2.80. The van der Waals surface area contributed by atoms with E-state index in [-0.39, 0.29) is 0 Å². The number of benzene rings is 1. The fourth-order valence-corrected chi connectivity index (χ4v) is 1.07. The summed E-state index contributed by atoms with van der Waals surface area (Å²) in [6.07, 6.45) is 2.13. The minimum Gasteiger partial charge on any atom is -0.494 e. The number of ether oxygens (including phenoxy) is 1. The van der Waals surface area contributed by atoms with Crippen molar-refractivity contribution in [1.29, 1.82) is 5.26 Å². The monoisotopic (exact) mass is 190 g/mol. The highest BCUT2D eigenvalue weighted by molar-refractivity contribution is 5.56. The van der Waals surface area contributed by atoms with Crippen LogP contribution >= 0.6 is 0 Å². The number of anilines is 1. The zero-order valence-corrected chi connectivity index (χ0v) is 8.29. The molecule has 3 nitrogen and oxygen atoms in total. The first-order valence-corrected chi connectivity index (χ1v) is 4.70. The predicted molar refractivity (Wildman–Crippen MR) is 56.0 cm³/mol. The molecule has 0 spiro atoms. The standard InChI is InChI=1S/C11H14N2O/c1-2-3-6-14-10-5-4-9(8-12)11(13)7-10/h4-5,7H,2-3,6,13H2,1H3. The molecule has 0 aliphatic carbocycles. The first-order chi connectivity index (χ1) is 6.77. The minimum atomic E-state index is 0.474. The van der Waals surface area contributed by atoms with E-state index in [1.807, 2.05) is 6.07 Å². The Morgan fingerprint density at radius 2 is 2.29 bits per heavy atom. The van der Waals surface area contributed by atoms with Crippen molar-refractivity contribution >= 4 is 5.69 Å². The second kappa shape index (κ2) is 5.13. The number of nitrogen functional groups attached to an aromatic ring is 1. The van der Waals surface area contributed by atoms with Crippen LogP contribution in [0.5, 0.6) is 5.75 Å². The lowest BCUT2D eigenvalue weighted by Gasteiger charge is -2.06. The van der Waals surface area contributed by atoms with Crippen LogP contribution in [-0.4, -0.2) is 6.61 Å². The third-order valence-electron chi connectivity index (χ3n) is 1.91. The van der Waals surface area contributed by atoms with E-state index in [1.54, 1.807) is 18.2 Å². The Labute approximate surface area is 84.1 Å². The van der Waals surface area contributed by atoms with Gasteiger partial charge >= 0.3 is 0 Å². The number of nitriles is 1. The lowest BCUT2D eigenvalue weighted by atomic mass is 10.2. The van der Waals surface area contributed by atoms with Crippen LogP contribution in [0.4, 0.5) is 5.69 Å². The Balaban J connectivity index is 2.63. The number of unbranched alkanes of at least 4 members (excludes halogenated alkanes) is 1. The molecule has 0 fully saturated rings. The van der Waals surface area contributed by atoms with Gasteiger partial charge < -0.3 is 10.5 Å². The Morgan fingerprint density at radius 3 is 2.86 bits per heavy atom. The van der Waals surface area contributed by atoms with Gasteiger partial charge in [0.1, 0.15) is 11.8 Å². The molecule has 14 heavy (non-hydrogen) atoms. The third kappa shape index (κ3) is 2.67. The van der Waals surface area contributed by atoms with Gasteiger partial charge in [-0.25, -0.2) is 0 Å². The molecule has 0 aliphatic heterocycles. The minimum absolute atomic E-state index is 0.474. The molecular weight excluding hydrogens is 176 g/mol. The van der Waals surface area contributed by atoms with E-state index in [2.05, 4.69) is 6.92 Å². The molecule has 74 valence electrons. The van der Waals surface area contributed by atoms with Crippen LogP contribution in [-0.2, 0) is 0 Å². The van der Waals surface area contributed by atoms with Gasteiger partial charge in [0.05, 0.1) is 17.9 Å². The maximum atomic E-state index is 8.65. The molecule has 1 aromatic rings. The number of nitrogens with zero attached hydrogens (tertiary/aromatic N) is 1. The van der Waals surface area contributed by atoms with Crippen LogP contribution in [0.15, 0.2) is 18.2 Å². The van der Waals surface area contributed by atoms with E-state index in [0.717, 1.165) is 18.6 Å². The average Bonchev–Trinajstić information content (AvgIpc) is 2.18. The third-order valence-corrected chi connectivity index (χ3v) is 1.91. The van der Waals surface area contributed by atoms with Crippen molar-refractivity contribution in [3.8, 4) is 11.8 Å². The highest BCUT2D eigenvalue weighted by atomic mass is 16.5. The van der Waals surface area contributed by atoms with Crippen LogP contribution in [0.3, 0.4) is 0 Å². The van der Waals surface area contributed by atoms with Crippen molar-refractivity contribution in [2.45, 2.75) is 19.8 Å². The van der Waals surface area contributed by atoms with Gasteiger partial charge in [0.15, 0.2) is 0 Å². The van der Waals surface area contributed by atoms with Crippen LogP contribution in [0.25, 0.3) is 0 Å². The van der Waals surface area contributed by atoms with E-state index < -0.39 is 0 Å². The molecule has 2 N–H and O–H groups in total. The summed E-state index contributed by atoms with van der Waals surface area (Å²) >= 11 is 0. The van der Waals surface area contributed by atoms with E-state index >= 15 is 0 Å². The molecule has 0 saturated heterocycles. The van der Waals surface area contributed by atoms with E-state index in [9.17, 15) is 0 Å². The first kappa shape index (κ1) is 10.4. The van der Waals surface area contributed by atoms with Gasteiger partial charge in [-0.05, 0) is 18.6 Å². The Kier molecular flexibility index (Phi) is 3.81. The van der Waals surface area contributed by atoms with Crippen molar-refractivity contribution in [2.75, 3.05) is 12.3 Å². The van der Waals surface area contributed by atoms with Crippen LogP contribution < -0.4 is 10.5 Å². The first-order valence-electron chi connectivity index (χ1n) is 4.70. The van der Waals surface area contributed by atoms with Gasteiger partial charge in [0.25, 0.3) is 0 Å². The molecule has 0 heterocycles. The fourth-order valence-electron chi connectivity index (χ4n) is 1.07. The maximum absolute atomic E-state index is 8.65. The fraction of sp³-hybridized carbons (Fsp3) is 0.364. The smallest absolute Gasteiger partial charge is 0.121 e. The number of hydrogen-bond acceptors (Lipinski definition) is 3. The zero-order chi connectivity index (χ0) is 10.4. The quantitative estimate of drug-likeness (QED) is 0.585. The summed E-state index contributed by atoms with van der Waals surface area (Å²) < 4.78 is 5.44. The number of nitrogens with two attached hydrogens (primary N) is 1. The van der Waals surface area contributed by atoms with E-state index in [0.29, 0.717) is 17.9 Å². The van der Waals surface area contributed by atoms with Gasteiger partial charge in [-0.15, -0.1) is 0 Å². The SMILES string of the molecule is CCCCOc1ccc(C#N)c(N)c1. The van der Waals surface area contributed by atoms with E-state index in [1.165, 1.54) is 0 Å². The van der Waals surface area contributed by atoms with Gasteiger partial charge in [0.2, 0.25) is 0 Å². The number of rotatable bonds is 4. The summed E-state index contributed by atoms with van der Waals surface area (Å²) in [7, 11) is 0. The molecule has 0 bridgehead atoms. The predicted octanol–water partition coefficient (Wildman–Crippen LogP) is 2.32. The normalized spacial score (nSPS) is 9.43. The van der Waals surface area contributed by atoms with Crippen molar-refractivity contribution in [2.24, 2.45) is 0 Å². The van der Waals surface area contributed by atoms with Gasteiger partial charge in [-0.3, -0.25) is 0 Å². The molecule has 0 aliphatic rings. The second-order valence-corrected chi connectivity index (χ2v) is 3.06. The topological polar surface area (TPSA) is 59.0 Å². The molecule has 0 unspecified atom stereocenters. The molecule has 0 radical (unpaired) electrons. The van der Waals surface area contributed by atoms with Gasteiger partial charge in [-0.1, -0.05) is 13.3 Å². The van der Waals surface area contributed by atoms with Crippen molar-refractivity contribution in [3.05, 3.63) is 23.8 Å². The molecule has 1 aromatic carbocycles. The highest BCUT2D eigenvalue weighted by Gasteiger charge is 1.99. The van der Waals surface area contributed by atoms with Crippen molar-refractivity contribution in [1.82, 2.24) is 0 Å². The maximum Gasteiger partial charge on any atom is 0.121 e. The van der Waals surface area contributed by atoms with Crippen LogP contribution in [0, 0.1) is 11.3 Å². The van der Waals surface area contributed by atoms with Crippen LogP contribution in [0.1, 0.15) is 25.3 Å². The number of hydrogen-bond donors (Lipinski definition) is 1. The summed E-state index contributed by atoms with van der Waals surface area (Å²) in [5.41, 5.74) is 6.60. The highest BCUT2D eigenvalue weighted by Crippen LogP contribution is 2.19. The molecule has 0 saturated carbocycles. The van der Waals surface area contributed by atoms with Crippen LogP contribution in [0.2, 0.25) is 0 Å². The summed E-state index contributed by atoms with van der Waals surface area (Å²) in [4.78, 5) is 0. The zero-order valence-electron chi connectivity index (χ0n) is 8.29. The average molecular weight is 190 g/mol. The summed E-state index contributed by atoms with van der Waals surface area (Å²) in [5, 5.41) is 8.65. The Morgan fingerprint density at radius 1 is 1.50 bits per heavy atom.